The maximum atomic E-state index is 12.3. The number of hydrogen-bond donors (Lipinski definition) is 3. The van der Waals surface area contributed by atoms with Gasteiger partial charge in [0.25, 0.3) is 0 Å². The number of benzene rings is 3. The van der Waals surface area contributed by atoms with Crippen LogP contribution < -0.4 is 14.2 Å². The second-order valence-electron chi connectivity index (χ2n) is 12.3. The number of carbonyl (C=O) groups is 3. The minimum atomic E-state index is -0.424. The number of carbonyl (C=O) groups excluding carboxylic acids is 3. The predicted octanol–water partition coefficient (Wildman–Crippen LogP) is 8.20. The predicted molar refractivity (Wildman–Crippen MR) is 191 cm³/mol. The van der Waals surface area contributed by atoms with Gasteiger partial charge in [0.2, 0.25) is 0 Å². The van der Waals surface area contributed by atoms with Crippen molar-refractivity contribution in [2.45, 2.75) is 99.3 Å². The van der Waals surface area contributed by atoms with E-state index < -0.39 is 17.9 Å². The SMILES string of the molecule is CCCCC(=O)Oc1ccc(-c2nc(-c3ccc(OC(=O)CCCC)c(C)c3O)nc(-c3ccc(OC(=O)CCCC)c(C)c3O)n2)c(O)c1C. The average molecular weight is 700 g/mol. The summed E-state index contributed by atoms with van der Waals surface area (Å²) in [5.41, 5.74) is 1.34. The Balaban J connectivity index is 1.85. The van der Waals surface area contributed by atoms with Gasteiger partial charge in [-0.1, -0.05) is 40.0 Å². The second-order valence-corrected chi connectivity index (χ2v) is 12.3. The highest BCUT2D eigenvalue weighted by Crippen LogP contribution is 2.42. The number of esters is 3. The fourth-order valence-electron chi connectivity index (χ4n) is 5.14. The topological polar surface area (TPSA) is 178 Å². The van der Waals surface area contributed by atoms with E-state index >= 15 is 0 Å². The lowest BCUT2D eigenvalue weighted by Crippen LogP contribution is -2.09. The van der Waals surface area contributed by atoms with Crippen LogP contribution >= 0.6 is 0 Å². The van der Waals surface area contributed by atoms with Crippen molar-refractivity contribution >= 4 is 17.9 Å². The number of hydrogen-bond acceptors (Lipinski definition) is 12. The van der Waals surface area contributed by atoms with Gasteiger partial charge in [0.1, 0.15) is 34.5 Å². The van der Waals surface area contributed by atoms with Crippen molar-refractivity contribution in [2.24, 2.45) is 0 Å². The molecule has 4 rings (SSSR count). The van der Waals surface area contributed by atoms with Gasteiger partial charge in [-0.25, -0.2) is 15.0 Å². The molecule has 0 aliphatic heterocycles. The van der Waals surface area contributed by atoms with Gasteiger partial charge >= 0.3 is 17.9 Å². The molecule has 0 unspecified atom stereocenters. The molecule has 0 spiro atoms. The Morgan fingerprint density at radius 1 is 0.490 bits per heavy atom. The van der Waals surface area contributed by atoms with Crippen molar-refractivity contribution in [3.05, 3.63) is 53.1 Å². The Kier molecular flexibility index (Phi) is 13.1. The molecule has 4 aromatic rings. The molecule has 0 fully saturated rings. The Bertz CT molecular complexity index is 1690. The van der Waals surface area contributed by atoms with Gasteiger partial charge in [-0.15, -0.1) is 0 Å². The molecular weight excluding hydrogens is 654 g/mol. The maximum absolute atomic E-state index is 12.3. The van der Waals surface area contributed by atoms with Gasteiger partial charge in [0, 0.05) is 36.0 Å². The van der Waals surface area contributed by atoms with E-state index in [0.717, 1.165) is 19.3 Å². The molecule has 0 bridgehead atoms. The molecule has 51 heavy (non-hydrogen) atoms. The van der Waals surface area contributed by atoms with Crippen LogP contribution in [0, 0.1) is 20.8 Å². The molecule has 0 radical (unpaired) electrons. The Morgan fingerprint density at radius 3 is 0.980 bits per heavy atom. The lowest BCUT2D eigenvalue weighted by molar-refractivity contribution is -0.135. The zero-order valence-corrected chi connectivity index (χ0v) is 30.0. The van der Waals surface area contributed by atoms with E-state index in [1.54, 1.807) is 20.8 Å². The lowest BCUT2D eigenvalue weighted by atomic mass is 10.0. The zero-order valence-electron chi connectivity index (χ0n) is 30.0. The summed E-state index contributed by atoms with van der Waals surface area (Å²) >= 11 is 0. The first-order valence-electron chi connectivity index (χ1n) is 17.3. The van der Waals surface area contributed by atoms with Crippen LogP contribution in [0.5, 0.6) is 34.5 Å². The number of nitrogens with zero attached hydrogens (tertiary/aromatic N) is 3. The number of unbranched alkanes of at least 4 members (excludes halogenated alkanes) is 3. The Morgan fingerprint density at radius 2 is 0.745 bits per heavy atom. The summed E-state index contributed by atoms with van der Waals surface area (Å²) in [6.45, 7) is 10.7. The summed E-state index contributed by atoms with van der Waals surface area (Å²) in [5, 5.41) is 34.0. The molecule has 1 aromatic heterocycles. The molecule has 0 aliphatic carbocycles. The monoisotopic (exact) mass is 699 g/mol. The van der Waals surface area contributed by atoms with Gasteiger partial charge in [0.05, 0.1) is 16.7 Å². The summed E-state index contributed by atoms with van der Waals surface area (Å²) < 4.78 is 16.5. The number of aromatic hydroxyl groups is 3. The summed E-state index contributed by atoms with van der Waals surface area (Å²) in [6, 6.07) is 9.10. The van der Waals surface area contributed by atoms with Crippen LogP contribution in [-0.4, -0.2) is 48.2 Å². The highest BCUT2D eigenvalue weighted by molar-refractivity contribution is 5.80. The second kappa shape index (κ2) is 17.4. The van der Waals surface area contributed by atoms with Crippen molar-refractivity contribution in [1.82, 2.24) is 15.0 Å². The summed E-state index contributed by atoms with van der Waals surface area (Å²) in [5.74, 6) is -1.51. The van der Waals surface area contributed by atoms with E-state index in [1.807, 2.05) is 20.8 Å². The van der Waals surface area contributed by atoms with E-state index in [9.17, 15) is 29.7 Å². The number of rotatable bonds is 15. The fraction of sp³-hybridized carbons (Fsp3) is 0.385. The Labute approximate surface area is 297 Å². The third-order valence-corrected chi connectivity index (χ3v) is 8.38. The van der Waals surface area contributed by atoms with Gasteiger partial charge in [-0.2, -0.15) is 0 Å². The molecule has 0 amide bonds. The van der Waals surface area contributed by atoms with Crippen LogP contribution in [-0.2, 0) is 14.4 Å². The summed E-state index contributed by atoms with van der Waals surface area (Å²) in [6.07, 6.45) is 5.18. The maximum Gasteiger partial charge on any atom is 0.311 e. The first-order valence-corrected chi connectivity index (χ1v) is 17.3. The first-order chi connectivity index (χ1) is 24.4. The molecule has 1 heterocycles. The van der Waals surface area contributed by atoms with Crippen LogP contribution in [0.1, 0.15) is 95.2 Å². The van der Waals surface area contributed by atoms with E-state index in [0.29, 0.717) is 19.3 Å². The van der Waals surface area contributed by atoms with Crippen LogP contribution in [0.25, 0.3) is 34.2 Å². The van der Waals surface area contributed by atoms with Crippen molar-refractivity contribution < 1.29 is 43.9 Å². The third kappa shape index (κ3) is 9.19. The smallest absolute Gasteiger partial charge is 0.311 e. The molecule has 0 aliphatic rings. The normalized spacial score (nSPS) is 10.9. The van der Waals surface area contributed by atoms with Crippen molar-refractivity contribution in [2.75, 3.05) is 0 Å². The first kappa shape index (κ1) is 38.3. The minimum absolute atomic E-state index is 0.0151. The number of ether oxygens (including phenoxy) is 3. The van der Waals surface area contributed by atoms with Gasteiger partial charge in [-0.3, -0.25) is 14.4 Å². The molecule has 12 heteroatoms. The highest BCUT2D eigenvalue weighted by atomic mass is 16.5. The number of phenols is 3. The standard InChI is InChI=1S/C39H45N3O9/c1-7-10-13-31(43)49-28-19-16-25(34(46)22(28)4)37-40-38(26-17-20-29(23(5)35(26)47)50-32(44)14-11-8-2)42-39(41-37)27-18-21-30(24(6)36(27)48)51-33(45)15-12-9-3/h16-21,46-48H,7-15H2,1-6H3. The molecule has 0 saturated heterocycles. The lowest BCUT2D eigenvalue weighted by Gasteiger charge is -2.16. The average Bonchev–Trinajstić information content (AvgIpc) is 3.11. The van der Waals surface area contributed by atoms with Gasteiger partial charge in [-0.05, 0) is 76.4 Å². The van der Waals surface area contributed by atoms with Crippen LogP contribution in [0.3, 0.4) is 0 Å². The van der Waals surface area contributed by atoms with Crippen LogP contribution in [0.15, 0.2) is 36.4 Å². The van der Waals surface area contributed by atoms with Crippen molar-refractivity contribution in [1.29, 1.82) is 0 Å². The van der Waals surface area contributed by atoms with E-state index in [4.69, 9.17) is 14.2 Å². The highest BCUT2D eigenvalue weighted by Gasteiger charge is 2.24. The van der Waals surface area contributed by atoms with Crippen LogP contribution in [0.4, 0.5) is 0 Å². The molecular formula is C39H45N3O9. The van der Waals surface area contributed by atoms with E-state index in [1.165, 1.54) is 36.4 Å². The molecule has 3 N–H and O–H groups in total. The number of aromatic nitrogens is 3. The molecule has 0 saturated carbocycles. The largest absolute Gasteiger partial charge is 0.507 e. The molecule has 3 aromatic carbocycles. The van der Waals surface area contributed by atoms with Crippen molar-refractivity contribution in [3.8, 4) is 68.7 Å². The quantitative estimate of drug-likeness (QED) is 0.0801. The Hall–Kier alpha value is -5.52. The zero-order chi connectivity index (χ0) is 37.2. The minimum Gasteiger partial charge on any atom is -0.507 e. The van der Waals surface area contributed by atoms with E-state index in [2.05, 4.69) is 15.0 Å². The summed E-state index contributed by atoms with van der Waals surface area (Å²) in [4.78, 5) is 50.8. The molecule has 0 atom stereocenters. The summed E-state index contributed by atoms with van der Waals surface area (Å²) in [7, 11) is 0. The molecule has 270 valence electrons. The fourth-order valence-corrected chi connectivity index (χ4v) is 5.14. The van der Waals surface area contributed by atoms with Crippen LogP contribution in [0.2, 0.25) is 0 Å². The van der Waals surface area contributed by atoms with E-state index in [-0.39, 0.29) is 105 Å². The van der Waals surface area contributed by atoms with Gasteiger partial charge < -0.3 is 29.5 Å². The number of phenolic OH excluding ortho intramolecular Hbond substituents is 3. The third-order valence-electron chi connectivity index (χ3n) is 8.38. The van der Waals surface area contributed by atoms with Gasteiger partial charge in [0.15, 0.2) is 17.5 Å². The molecule has 12 nitrogen and oxygen atoms in total. The van der Waals surface area contributed by atoms with Crippen molar-refractivity contribution in [3.63, 3.8) is 0 Å².